The lowest BCUT2D eigenvalue weighted by atomic mass is 10.2. The van der Waals surface area contributed by atoms with Gasteiger partial charge in [0.15, 0.2) is 5.82 Å². The van der Waals surface area contributed by atoms with Crippen LogP contribution in [0.4, 0.5) is 15.8 Å². The van der Waals surface area contributed by atoms with E-state index in [9.17, 15) is 14.5 Å². The van der Waals surface area contributed by atoms with Crippen molar-refractivity contribution in [1.82, 2.24) is 0 Å². The number of nitrogens with zero attached hydrogens (tertiary/aromatic N) is 1. The maximum absolute atomic E-state index is 13.5. The minimum Gasteiger partial charge on any atom is -0.372 e. The summed E-state index contributed by atoms with van der Waals surface area (Å²) in [4.78, 5) is 11.1. The third kappa shape index (κ3) is 2.85. The highest BCUT2D eigenvalue weighted by Crippen LogP contribution is 2.29. The monoisotopic (exact) mass is 330 g/mol. The normalized spacial score (nSPS) is 10.3. The van der Waals surface area contributed by atoms with Crippen LogP contribution in [-0.4, -0.2) is 4.92 Å². The van der Waals surface area contributed by atoms with Crippen LogP contribution in [0.3, 0.4) is 0 Å². The lowest BCUT2D eigenvalue weighted by molar-refractivity contribution is -0.384. The van der Waals surface area contributed by atoms with Crippen LogP contribution in [0.25, 0.3) is 0 Å². The number of thiophene rings is 1. The Morgan fingerprint density at radius 2 is 2.17 bits per heavy atom. The molecule has 0 bridgehead atoms. The Kier molecular flexibility index (Phi) is 3.93. The molecule has 94 valence electrons. The quantitative estimate of drug-likeness (QED) is 0.676. The molecule has 0 unspecified atom stereocenters. The zero-order valence-corrected chi connectivity index (χ0v) is 11.4. The largest absolute Gasteiger partial charge is 0.372 e. The van der Waals surface area contributed by atoms with Gasteiger partial charge in [0.25, 0.3) is 5.69 Å². The Hall–Kier alpha value is -1.47. The number of rotatable bonds is 4. The lowest BCUT2D eigenvalue weighted by Gasteiger charge is -2.06. The van der Waals surface area contributed by atoms with Crippen molar-refractivity contribution in [3.05, 3.63) is 54.9 Å². The van der Waals surface area contributed by atoms with E-state index in [-0.39, 0.29) is 11.4 Å². The van der Waals surface area contributed by atoms with Crippen molar-refractivity contribution >= 4 is 38.6 Å². The summed E-state index contributed by atoms with van der Waals surface area (Å²) >= 11 is 4.81. The zero-order valence-electron chi connectivity index (χ0n) is 9.02. The van der Waals surface area contributed by atoms with Gasteiger partial charge in [-0.05, 0) is 34.1 Å². The first kappa shape index (κ1) is 13.0. The standard InChI is InChI=1S/C11H8BrFN2O2S/c12-10-5-4-7(18-10)6-14-11-8(13)2-1-3-9(11)15(16)17/h1-5,14H,6H2. The van der Waals surface area contributed by atoms with Gasteiger partial charge in [-0.3, -0.25) is 10.1 Å². The summed E-state index contributed by atoms with van der Waals surface area (Å²) in [6, 6.07) is 7.53. The predicted molar refractivity (Wildman–Crippen MR) is 72.4 cm³/mol. The van der Waals surface area contributed by atoms with Gasteiger partial charge in [0.2, 0.25) is 0 Å². The van der Waals surface area contributed by atoms with Gasteiger partial charge in [-0.1, -0.05) is 6.07 Å². The minimum atomic E-state index is -0.625. The molecule has 0 radical (unpaired) electrons. The molecule has 0 aliphatic carbocycles. The van der Waals surface area contributed by atoms with Gasteiger partial charge in [0, 0.05) is 17.5 Å². The first-order valence-corrected chi connectivity index (χ1v) is 6.60. The average Bonchev–Trinajstić information content (AvgIpc) is 2.73. The van der Waals surface area contributed by atoms with Crippen molar-refractivity contribution in [2.45, 2.75) is 6.54 Å². The molecule has 1 aromatic heterocycles. The number of anilines is 1. The number of nitrogens with one attached hydrogen (secondary N) is 1. The molecule has 2 rings (SSSR count). The van der Waals surface area contributed by atoms with Crippen LogP contribution >= 0.6 is 27.3 Å². The highest BCUT2D eigenvalue weighted by Gasteiger charge is 2.17. The van der Waals surface area contributed by atoms with E-state index in [1.807, 2.05) is 12.1 Å². The molecule has 0 fully saturated rings. The number of halogens is 2. The van der Waals surface area contributed by atoms with Crippen LogP contribution in [-0.2, 0) is 6.54 Å². The van der Waals surface area contributed by atoms with Crippen LogP contribution in [0.2, 0.25) is 0 Å². The second-order valence-corrected chi connectivity index (χ2v) is 6.00. The van der Waals surface area contributed by atoms with Gasteiger partial charge < -0.3 is 5.32 Å². The van der Waals surface area contributed by atoms with Gasteiger partial charge in [-0.15, -0.1) is 11.3 Å². The molecule has 0 amide bonds. The number of nitro benzene ring substituents is 1. The minimum absolute atomic E-state index is 0.0768. The predicted octanol–water partition coefficient (Wildman–Crippen LogP) is 4.17. The molecule has 1 aromatic carbocycles. The second kappa shape index (κ2) is 5.45. The molecule has 0 aliphatic rings. The highest BCUT2D eigenvalue weighted by atomic mass is 79.9. The molecule has 0 aliphatic heterocycles. The smallest absolute Gasteiger partial charge is 0.295 e. The van der Waals surface area contributed by atoms with Gasteiger partial charge in [-0.25, -0.2) is 4.39 Å². The van der Waals surface area contributed by atoms with Crippen LogP contribution in [0.15, 0.2) is 34.1 Å². The number of para-hydroxylation sites is 1. The maximum atomic E-state index is 13.5. The average molecular weight is 331 g/mol. The third-order valence-corrected chi connectivity index (χ3v) is 3.88. The van der Waals surface area contributed by atoms with E-state index in [1.54, 1.807) is 0 Å². The van der Waals surface area contributed by atoms with Gasteiger partial charge >= 0.3 is 0 Å². The molecule has 0 atom stereocenters. The third-order valence-electron chi connectivity index (χ3n) is 2.26. The van der Waals surface area contributed by atoms with Gasteiger partial charge in [0.1, 0.15) is 5.69 Å². The van der Waals surface area contributed by atoms with Crippen molar-refractivity contribution in [3.8, 4) is 0 Å². The SMILES string of the molecule is O=[N+]([O-])c1cccc(F)c1NCc1ccc(Br)s1. The molecule has 0 spiro atoms. The Morgan fingerprint density at radius 3 is 2.78 bits per heavy atom. The molecule has 1 heterocycles. The Bertz CT molecular complexity index is 588. The molecule has 0 saturated heterocycles. The topological polar surface area (TPSA) is 55.2 Å². The van der Waals surface area contributed by atoms with Crippen LogP contribution < -0.4 is 5.32 Å². The van der Waals surface area contributed by atoms with E-state index < -0.39 is 10.7 Å². The molecule has 1 N–H and O–H groups in total. The highest BCUT2D eigenvalue weighted by molar-refractivity contribution is 9.11. The van der Waals surface area contributed by atoms with E-state index in [0.717, 1.165) is 8.66 Å². The van der Waals surface area contributed by atoms with Gasteiger partial charge in [0.05, 0.1) is 8.71 Å². The summed E-state index contributed by atoms with van der Waals surface area (Å²) in [5, 5.41) is 13.5. The molecule has 2 aromatic rings. The Balaban J connectivity index is 2.20. The first-order valence-electron chi connectivity index (χ1n) is 4.99. The van der Waals surface area contributed by atoms with Gasteiger partial charge in [-0.2, -0.15) is 0 Å². The van der Waals surface area contributed by atoms with E-state index in [1.165, 1.54) is 29.5 Å². The Labute approximate surface area is 115 Å². The fourth-order valence-corrected chi connectivity index (χ4v) is 2.89. The molecular formula is C11H8BrFN2O2S. The summed E-state index contributed by atoms with van der Waals surface area (Å²) in [6.45, 7) is 0.345. The lowest BCUT2D eigenvalue weighted by Crippen LogP contribution is -2.03. The fraction of sp³-hybridized carbons (Fsp3) is 0.0909. The zero-order chi connectivity index (χ0) is 13.1. The number of hydrogen-bond acceptors (Lipinski definition) is 4. The fourth-order valence-electron chi connectivity index (χ4n) is 1.46. The molecule has 0 saturated carbocycles. The van der Waals surface area contributed by atoms with E-state index >= 15 is 0 Å². The van der Waals surface area contributed by atoms with Crippen molar-refractivity contribution < 1.29 is 9.31 Å². The maximum Gasteiger partial charge on any atom is 0.295 e. The van der Waals surface area contributed by atoms with Crippen molar-refractivity contribution in [1.29, 1.82) is 0 Å². The van der Waals surface area contributed by atoms with Crippen molar-refractivity contribution in [2.75, 3.05) is 5.32 Å². The molecule has 4 nitrogen and oxygen atoms in total. The van der Waals surface area contributed by atoms with Crippen LogP contribution in [0, 0.1) is 15.9 Å². The molecule has 7 heteroatoms. The summed E-state index contributed by atoms with van der Waals surface area (Å²) < 4.78 is 14.5. The second-order valence-electron chi connectivity index (χ2n) is 3.45. The summed E-state index contributed by atoms with van der Waals surface area (Å²) in [6.07, 6.45) is 0. The first-order chi connectivity index (χ1) is 8.58. The van der Waals surface area contributed by atoms with E-state index in [0.29, 0.717) is 6.54 Å². The van der Waals surface area contributed by atoms with Crippen molar-refractivity contribution in [2.24, 2.45) is 0 Å². The Morgan fingerprint density at radius 1 is 1.39 bits per heavy atom. The number of hydrogen-bond donors (Lipinski definition) is 1. The number of nitro groups is 1. The summed E-state index contributed by atoms with van der Waals surface area (Å²) in [7, 11) is 0. The summed E-state index contributed by atoms with van der Waals surface area (Å²) in [5.41, 5.74) is -0.336. The number of benzene rings is 1. The van der Waals surface area contributed by atoms with E-state index in [2.05, 4.69) is 21.2 Å². The van der Waals surface area contributed by atoms with Crippen LogP contribution in [0.1, 0.15) is 4.88 Å². The molecular weight excluding hydrogens is 323 g/mol. The summed E-state index contributed by atoms with van der Waals surface area (Å²) in [5.74, 6) is -0.625. The van der Waals surface area contributed by atoms with Crippen molar-refractivity contribution in [3.63, 3.8) is 0 Å². The molecule has 18 heavy (non-hydrogen) atoms. The van der Waals surface area contributed by atoms with E-state index in [4.69, 9.17) is 0 Å². The van der Waals surface area contributed by atoms with Crippen LogP contribution in [0.5, 0.6) is 0 Å².